The summed E-state index contributed by atoms with van der Waals surface area (Å²) in [6.07, 6.45) is 0.864. The van der Waals surface area contributed by atoms with Crippen LogP contribution in [0.3, 0.4) is 0 Å². The number of hydrogen-bond acceptors (Lipinski definition) is 3. The number of rotatable bonds is 7. The van der Waals surface area contributed by atoms with Gasteiger partial charge < -0.3 is 15.2 Å². The van der Waals surface area contributed by atoms with Gasteiger partial charge in [-0.05, 0) is 37.0 Å². The zero-order valence-corrected chi connectivity index (χ0v) is 12.9. The van der Waals surface area contributed by atoms with Crippen molar-refractivity contribution < 1.29 is 9.47 Å². The summed E-state index contributed by atoms with van der Waals surface area (Å²) in [7, 11) is 1.66. The molecular formula is C15H24ClNO2. The molecule has 0 amide bonds. The van der Waals surface area contributed by atoms with E-state index in [9.17, 15) is 0 Å². The number of methoxy groups -OCH3 is 1. The van der Waals surface area contributed by atoms with Gasteiger partial charge in [-0.25, -0.2) is 0 Å². The molecule has 0 spiro atoms. The molecule has 1 aromatic rings. The summed E-state index contributed by atoms with van der Waals surface area (Å²) >= 11 is 6.12. The largest absolute Gasteiger partial charge is 0.489 e. The third-order valence-electron chi connectivity index (χ3n) is 3.20. The first-order chi connectivity index (χ1) is 8.93. The van der Waals surface area contributed by atoms with Gasteiger partial charge in [-0.3, -0.25) is 0 Å². The standard InChI is InChI=1S/C15H24ClNO2/c1-10(2)14(17)7-12-5-6-13(16)15(8-12)19-9-11(3)18-4/h5-6,8,10-11,14H,7,9,17H2,1-4H3. The first-order valence-corrected chi connectivity index (χ1v) is 7.01. The van der Waals surface area contributed by atoms with Crippen LogP contribution in [-0.4, -0.2) is 25.9 Å². The van der Waals surface area contributed by atoms with Crippen molar-refractivity contribution in [1.29, 1.82) is 0 Å². The van der Waals surface area contributed by atoms with Crippen LogP contribution in [0.1, 0.15) is 26.3 Å². The fraction of sp³-hybridized carbons (Fsp3) is 0.600. The van der Waals surface area contributed by atoms with Crippen molar-refractivity contribution in [2.24, 2.45) is 11.7 Å². The Morgan fingerprint density at radius 1 is 1.26 bits per heavy atom. The minimum Gasteiger partial charge on any atom is -0.489 e. The highest BCUT2D eigenvalue weighted by Crippen LogP contribution is 2.26. The molecule has 2 atom stereocenters. The van der Waals surface area contributed by atoms with Gasteiger partial charge in [0.25, 0.3) is 0 Å². The first kappa shape index (κ1) is 16.3. The molecule has 4 heteroatoms. The van der Waals surface area contributed by atoms with E-state index in [1.165, 1.54) is 0 Å². The minimum atomic E-state index is 0.0395. The molecule has 1 rings (SSSR count). The second-order valence-corrected chi connectivity index (χ2v) is 5.64. The maximum absolute atomic E-state index is 6.12. The van der Waals surface area contributed by atoms with Gasteiger partial charge in [-0.2, -0.15) is 0 Å². The number of nitrogens with two attached hydrogens (primary N) is 1. The Labute approximate surface area is 121 Å². The van der Waals surface area contributed by atoms with Crippen molar-refractivity contribution in [2.45, 2.75) is 39.3 Å². The Morgan fingerprint density at radius 3 is 2.53 bits per heavy atom. The highest BCUT2D eigenvalue weighted by Gasteiger charge is 2.11. The van der Waals surface area contributed by atoms with Crippen molar-refractivity contribution in [2.75, 3.05) is 13.7 Å². The number of hydrogen-bond donors (Lipinski definition) is 1. The maximum Gasteiger partial charge on any atom is 0.138 e. The van der Waals surface area contributed by atoms with Crippen LogP contribution in [0.5, 0.6) is 5.75 Å². The van der Waals surface area contributed by atoms with E-state index in [0.29, 0.717) is 23.3 Å². The summed E-state index contributed by atoms with van der Waals surface area (Å²) in [6, 6.07) is 5.97. The molecule has 3 nitrogen and oxygen atoms in total. The van der Waals surface area contributed by atoms with Crippen LogP contribution in [0.2, 0.25) is 5.02 Å². The Bertz CT molecular complexity index is 396. The van der Waals surface area contributed by atoms with Crippen LogP contribution < -0.4 is 10.5 Å². The molecule has 2 N–H and O–H groups in total. The monoisotopic (exact) mass is 285 g/mol. The molecule has 0 bridgehead atoms. The zero-order valence-electron chi connectivity index (χ0n) is 12.2. The second-order valence-electron chi connectivity index (χ2n) is 5.23. The van der Waals surface area contributed by atoms with Gasteiger partial charge in [0.1, 0.15) is 12.4 Å². The molecule has 1 aromatic carbocycles. The number of halogens is 1. The van der Waals surface area contributed by atoms with E-state index < -0.39 is 0 Å². The predicted octanol–water partition coefficient (Wildman–Crippen LogP) is 3.28. The van der Waals surface area contributed by atoms with E-state index in [1.54, 1.807) is 7.11 Å². The smallest absolute Gasteiger partial charge is 0.138 e. The van der Waals surface area contributed by atoms with Crippen LogP contribution in [-0.2, 0) is 11.2 Å². The molecule has 19 heavy (non-hydrogen) atoms. The third-order valence-corrected chi connectivity index (χ3v) is 3.51. The van der Waals surface area contributed by atoms with E-state index in [4.69, 9.17) is 26.8 Å². The van der Waals surface area contributed by atoms with Crippen molar-refractivity contribution >= 4 is 11.6 Å². The fourth-order valence-electron chi connectivity index (χ4n) is 1.57. The van der Waals surface area contributed by atoms with E-state index in [2.05, 4.69) is 13.8 Å². The van der Waals surface area contributed by atoms with Gasteiger partial charge in [-0.1, -0.05) is 31.5 Å². The van der Waals surface area contributed by atoms with Crippen LogP contribution in [0.15, 0.2) is 18.2 Å². The van der Waals surface area contributed by atoms with Gasteiger partial charge in [0.05, 0.1) is 11.1 Å². The summed E-state index contributed by atoms with van der Waals surface area (Å²) in [5.41, 5.74) is 7.23. The molecule has 2 unspecified atom stereocenters. The predicted molar refractivity (Wildman–Crippen MR) is 79.9 cm³/mol. The molecule has 0 radical (unpaired) electrons. The van der Waals surface area contributed by atoms with Gasteiger partial charge in [-0.15, -0.1) is 0 Å². The van der Waals surface area contributed by atoms with E-state index >= 15 is 0 Å². The quantitative estimate of drug-likeness (QED) is 0.836. The van der Waals surface area contributed by atoms with Crippen LogP contribution >= 0.6 is 11.6 Å². The van der Waals surface area contributed by atoms with Gasteiger partial charge in [0.2, 0.25) is 0 Å². The van der Waals surface area contributed by atoms with Crippen molar-refractivity contribution in [3.05, 3.63) is 28.8 Å². The lowest BCUT2D eigenvalue weighted by atomic mass is 9.97. The Hall–Kier alpha value is -0.770. The van der Waals surface area contributed by atoms with Crippen LogP contribution in [0.25, 0.3) is 0 Å². The molecule has 0 aliphatic rings. The second kappa shape index (κ2) is 7.73. The van der Waals surface area contributed by atoms with Crippen molar-refractivity contribution in [1.82, 2.24) is 0 Å². The average molecular weight is 286 g/mol. The third kappa shape index (κ3) is 5.39. The van der Waals surface area contributed by atoms with E-state index in [0.717, 1.165) is 12.0 Å². The molecule has 0 saturated heterocycles. The highest BCUT2D eigenvalue weighted by atomic mass is 35.5. The lowest BCUT2D eigenvalue weighted by molar-refractivity contribution is 0.0717. The summed E-state index contributed by atoms with van der Waals surface area (Å²) in [5, 5.41) is 0.616. The van der Waals surface area contributed by atoms with Gasteiger partial charge in [0.15, 0.2) is 0 Å². The molecule has 0 saturated carbocycles. The van der Waals surface area contributed by atoms with Crippen LogP contribution in [0.4, 0.5) is 0 Å². The van der Waals surface area contributed by atoms with E-state index in [-0.39, 0.29) is 12.1 Å². The lowest BCUT2D eigenvalue weighted by Crippen LogP contribution is -2.28. The fourth-order valence-corrected chi connectivity index (χ4v) is 1.74. The normalized spacial score (nSPS) is 14.5. The molecule has 0 heterocycles. The summed E-state index contributed by atoms with van der Waals surface area (Å²) < 4.78 is 10.8. The van der Waals surface area contributed by atoms with E-state index in [1.807, 2.05) is 25.1 Å². The zero-order chi connectivity index (χ0) is 14.4. The number of benzene rings is 1. The number of ether oxygens (including phenoxy) is 2. The SMILES string of the molecule is COC(C)COc1cc(CC(N)C(C)C)ccc1Cl. The molecule has 0 aromatic heterocycles. The molecular weight excluding hydrogens is 262 g/mol. The Kier molecular flexibility index (Phi) is 6.63. The minimum absolute atomic E-state index is 0.0395. The van der Waals surface area contributed by atoms with Crippen molar-refractivity contribution in [3.63, 3.8) is 0 Å². The van der Waals surface area contributed by atoms with Gasteiger partial charge >= 0.3 is 0 Å². The highest BCUT2D eigenvalue weighted by molar-refractivity contribution is 6.32. The van der Waals surface area contributed by atoms with Gasteiger partial charge in [0, 0.05) is 13.2 Å². The maximum atomic E-state index is 6.12. The molecule has 0 aliphatic heterocycles. The molecule has 0 fully saturated rings. The Balaban J connectivity index is 2.71. The average Bonchev–Trinajstić information content (AvgIpc) is 2.38. The van der Waals surface area contributed by atoms with Crippen LogP contribution in [0, 0.1) is 5.92 Å². The summed E-state index contributed by atoms with van der Waals surface area (Å²) in [4.78, 5) is 0. The molecule has 108 valence electrons. The lowest BCUT2D eigenvalue weighted by Gasteiger charge is -2.17. The topological polar surface area (TPSA) is 44.5 Å². The first-order valence-electron chi connectivity index (χ1n) is 6.63. The van der Waals surface area contributed by atoms with Crippen molar-refractivity contribution in [3.8, 4) is 5.75 Å². The summed E-state index contributed by atoms with van der Waals surface area (Å²) in [6.45, 7) is 6.68. The Morgan fingerprint density at radius 2 is 1.95 bits per heavy atom. The molecule has 0 aliphatic carbocycles. The summed E-state index contributed by atoms with van der Waals surface area (Å²) in [5.74, 6) is 1.15.